The Kier molecular flexibility index (Phi) is 7.31. The molecular weight excluding hydrogens is 408 g/mol. The van der Waals surface area contributed by atoms with Crippen LogP contribution in [0.15, 0.2) is 56.3 Å². The first-order valence-corrected chi connectivity index (χ1v) is 9.86. The van der Waals surface area contributed by atoms with Crippen LogP contribution in [0.2, 0.25) is 0 Å². The first-order valence-electron chi connectivity index (χ1n) is 9.86. The van der Waals surface area contributed by atoms with Crippen molar-refractivity contribution < 1.29 is 18.4 Å². The average Bonchev–Trinajstić information content (AvgIpc) is 3.29. The SMILES string of the molecule is CCc1ccc2oc(C(=O)NCC(c3ccco3)N3CCOCC3)cc(=O)c2c1.Cl. The molecule has 1 N–H and O–H groups in total. The Bertz CT molecular complexity index is 1040. The van der Waals surface area contributed by atoms with Gasteiger partial charge in [0.15, 0.2) is 11.2 Å². The van der Waals surface area contributed by atoms with E-state index in [2.05, 4.69) is 10.2 Å². The summed E-state index contributed by atoms with van der Waals surface area (Å²) in [6.45, 7) is 5.16. The number of benzene rings is 1. The maximum atomic E-state index is 12.7. The third-order valence-electron chi connectivity index (χ3n) is 5.24. The number of furan rings is 1. The van der Waals surface area contributed by atoms with E-state index in [1.54, 1.807) is 12.3 Å². The number of ether oxygens (including phenoxy) is 1. The van der Waals surface area contributed by atoms with Crippen LogP contribution in [0, 0.1) is 0 Å². The van der Waals surface area contributed by atoms with Gasteiger partial charge < -0.3 is 18.9 Å². The molecular formula is C22H25ClN2O5. The summed E-state index contributed by atoms with van der Waals surface area (Å²) in [6.07, 6.45) is 2.45. The predicted molar refractivity (Wildman–Crippen MR) is 115 cm³/mol. The molecule has 7 nitrogen and oxygen atoms in total. The number of amides is 1. The molecule has 1 fully saturated rings. The van der Waals surface area contributed by atoms with E-state index in [-0.39, 0.29) is 29.6 Å². The lowest BCUT2D eigenvalue weighted by Gasteiger charge is -2.33. The minimum atomic E-state index is -0.423. The number of rotatable bonds is 6. The maximum absolute atomic E-state index is 12.7. The van der Waals surface area contributed by atoms with Crippen molar-refractivity contribution in [1.29, 1.82) is 0 Å². The van der Waals surface area contributed by atoms with Crippen LogP contribution in [0.3, 0.4) is 0 Å². The van der Waals surface area contributed by atoms with Gasteiger partial charge in [-0.1, -0.05) is 13.0 Å². The second-order valence-corrected chi connectivity index (χ2v) is 7.05. The molecule has 8 heteroatoms. The minimum absolute atomic E-state index is 0. The van der Waals surface area contributed by atoms with Crippen molar-refractivity contribution in [2.45, 2.75) is 19.4 Å². The number of aryl methyl sites for hydroxylation is 1. The number of carbonyl (C=O) groups is 1. The van der Waals surface area contributed by atoms with Crippen molar-refractivity contribution in [3.8, 4) is 0 Å². The van der Waals surface area contributed by atoms with Crippen LogP contribution >= 0.6 is 12.4 Å². The van der Waals surface area contributed by atoms with Crippen molar-refractivity contribution in [1.82, 2.24) is 10.2 Å². The maximum Gasteiger partial charge on any atom is 0.287 e. The molecule has 1 amide bonds. The molecule has 1 aliphatic heterocycles. The van der Waals surface area contributed by atoms with Gasteiger partial charge >= 0.3 is 0 Å². The molecule has 160 valence electrons. The molecule has 1 atom stereocenters. The fraction of sp³-hybridized carbons (Fsp3) is 0.364. The third kappa shape index (κ3) is 4.75. The van der Waals surface area contributed by atoms with E-state index >= 15 is 0 Å². The first kappa shape index (κ1) is 22.1. The molecule has 2 aromatic heterocycles. The highest BCUT2D eigenvalue weighted by molar-refractivity contribution is 5.93. The van der Waals surface area contributed by atoms with Crippen LogP contribution in [-0.4, -0.2) is 43.7 Å². The van der Waals surface area contributed by atoms with E-state index in [9.17, 15) is 9.59 Å². The summed E-state index contributed by atoms with van der Waals surface area (Å²) in [6, 6.07) is 10.3. The van der Waals surface area contributed by atoms with Crippen molar-refractivity contribution in [3.63, 3.8) is 0 Å². The topological polar surface area (TPSA) is 84.9 Å². The van der Waals surface area contributed by atoms with Crippen LogP contribution in [0.1, 0.15) is 34.8 Å². The standard InChI is InChI=1S/C22H24N2O5.ClH/c1-2-15-5-6-19-16(12-15)18(25)13-21(29-19)22(26)23-14-17(20-4-3-9-28-20)24-7-10-27-11-8-24;/h3-6,9,12-13,17H,2,7-8,10-11,14H2,1H3,(H,23,26);1H. The number of fused-ring (bicyclic) bond motifs is 1. The van der Waals surface area contributed by atoms with Gasteiger partial charge in [0.1, 0.15) is 11.3 Å². The van der Waals surface area contributed by atoms with E-state index in [0.29, 0.717) is 30.7 Å². The van der Waals surface area contributed by atoms with Gasteiger partial charge in [-0.3, -0.25) is 14.5 Å². The molecule has 4 rings (SSSR count). The molecule has 1 unspecified atom stereocenters. The van der Waals surface area contributed by atoms with Gasteiger partial charge in [0.2, 0.25) is 0 Å². The lowest BCUT2D eigenvalue weighted by atomic mass is 10.1. The Morgan fingerprint density at radius 1 is 1.20 bits per heavy atom. The van der Waals surface area contributed by atoms with E-state index in [0.717, 1.165) is 30.8 Å². The second kappa shape index (κ2) is 9.93. The first-order chi connectivity index (χ1) is 14.2. The summed E-state index contributed by atoms with van der Waals surface area (Å²) in [4.78, 5) is 27.4. The van der Waals surface area contributed by atoms with E-state index in [1.165, 1.54) is 6.07 Å². The number of hydrogen-bond donors (Lipinski definition) is 1. The number of carbonyl (C=O) groups excluding carboxylic acids is 1. The molecule has 1 saturated heterocycles. The minimum Gasteiger partial charge on any atom is -0.468 e. The van der Waals surface area contributed by atoms with Gasteiger partial charge in [-0.15, -0.1) is 12.4 Å². The monoisotopic (exact) mass is 432 g/mol. The zero-order valence-electron chi connectivity index (χ0n) is 16.8. The second-order valence-electron chi connectivity index (χ2n) is 7.05. The predicted octanol–water partition coefficient (Wildman–Crippen LogP) is 3.17. The number of nitrogens with one attached hydrogen (secondary N) is 1. The molecule has 0 saturated carbocycles. The van der Waals surface area contributed by atoms with Crippen LogP contribution in [0.5, 0.6) is 0 Å². The Hall–Kier alpha value is -2.61. The zero-order chi connectivity index (χ0) is 20.2. The number of morpholine rings is 1. The summed E-state index contributed by atoms with van der Waals surface area (Å²) in [7, 11) is 0. The van der Waals surface area contributed by atoms with Crippen molar-refractivity contribution in [2.24, 2.45) is 0 Å². The fourth-order valence-corrected chi connectivity index (χ4v) is 3.59. The van der Waals surface area contributed by atoms with Crippen LogP contribution in [-0.2, 0) is 11.2 Å². The van der Waals surface area contributed by atoms with Crippen molar-refractivity contribution in [2.75, 3.05) is 32.8 Å². The van der Waals surface area contributed by atoms with Crippen LogP contribution in [0.25, 0.3) is 11.0 Å². The molecule has 1 aliphatic rings. The summed E-state index contributed by atoms with van der Waals surface area (Å²) in [5, 5.41) is 3.37. The van der Waals surface area contributed by atoms with Gasteiger partial charge in [0, 0.05) is 25.7 Å². The molecule has 3 aromatic rings. The molecule has 3 heterocycles. The Labute approximate surface area is 180 Å². The molecule has 0 spiro atoms. The number of nitrogens with zero attached hydrogens (tertiary/aromatic N) is 1. The summed E-state index contributed by atoms with van der Waals surface area (Å²) < 4.78 is 16.7. The van der Waals surface area contributed by atoms with Gasteiger partial charge in [-0.25, -0.2) is 0 Å². The molecule has 0 radical (unpaired) electrons. The Morgan fingerprint density at radius 3 is 2.70 bits per heavy atom. The zero-order valence-corrected chi connectivity index (χ0v) is 17.6. The third-order valence-corrected chi connectivity index (χ3v) is 5.24. The largest absolute Gasteiger partial charge is 0.468 e. The Morgan fingerprint density at radius 2 is 2.00 bits per heavy atom. The van der Waals surface area contributed by atoms with Crippen LogP contribution < -0.4 is 10.7 Å². The van der Waals surface area contributed by atoms with Crippen molar-refractivity contribution in [3.05, 3.63) is 70.0 Å². The smallest absolute Gasteiger partial charge is 0.287 e. The lowest BCUT2D eigenvalue weighted by molar-refractivity contribution is 0.0117. The van der Waals surface area contributed by atoms with E-state index in [1.807, 2.05) is 31.2 Å². The lowest BCUT2D eigenvalue weighted by Crippen LogP contribution is -2.43. The van der Waals surface area contributed by atoms with Crippen molar-refractivity contribution >= 4 is 29.3 Å². The van der Waals surface area contributed by atoms with E-state index < -0.39 is 5.91 Å². The fourth-order valence-electron chi connectivity index (χ4n) is 3.59. The normalized spacial score (nSPS) is 15.5. The quantitative estimate of drug-likeness (QED) is 0.644. The highest BCUT2D eigenvalue weighted by atomic mass is 35.5. The highest BCUT2D eigenvalue weighted by Crippen LogP contribution is 2.22. The Balaban J connectivity index is 0.00000256. The number of hydrogen-bond acceptors (Lipinski definition) is 6. The molecule has 30 heavy (non-hydrogen) atoms. The van der Waals surface area contributed by atoms with Crippen LogP contribution in [0.4, 0.5) is 0 Å². The summed E-state index contributed by atoms with van der Waals surface area (Å²) in [5.74, 6) is 0.361. The molecule has 0 aliphatic carbocycles. The van der Waals surface area contributed by atoms with Gasteiger partial charge in [0.05, 0.1) is 30.9 Å². The summed E-state index contributed by atoms with van der Waals surface area (Å²) >= 11 is 0. The average molecular weight is 433 g/mol. The summed E-state index contributed by atoms with van der Waals surface area (Å²) in [5.41, 5.74) is 1.24. The van der Waals surface area contributed by atoms with Gasteiger partial charge in [-0.2, -0.15) is 0 Å². The van der Waals surface area contributed by atoms with Gasteiger partial charge in [-0.05, 0) is 36.2 Å². The molecule has 1 aromatic carbocycles. The van der Waals surface area contributed by atoms with E-state index in [4.69, 9.17) is 13.6 Å². The van der Waals surface area contributed by atoms with Gasteiger partial charge in [0.25, 0.3) is 5.91 Å². The highest BCUT2D eigenvalue weighted by Gasteiger charge is 2.26. The molecule has 0 bridgehead atoms. The number of halogens is 1.